The minimum absolute atomic E-state index is 0.000488. The van der Waals surface area contributed by atoms with E-state index in [1.807, 2.05) is 0 Å². The Bertz CT molecular complexity index is 288. The molecule has 0 bridgehead atoms. The van der Waals surface area contributed by atoms with Crippen LogP contribution in [0.15, 0.2) is 0 Å². The van der Waals surface area contributed by atoms with Gasteiger partial charge in [0.1, 0.15) is 0 Å². The Morgan fingerprint density at radius 2 is 1.72 bits per heavy atom. The fourth-order valence-corrected chi connectivity index (χ4v) is 2.49. The van der Waals surface area contributed by atoms with Crippen LogP contribution in [-0.4, -0.2) is 54.1 Å². The van der Waals surface area contributed by atoms with Crippen molar-refractivity contribution >= 4 is 12.0 Å². The van der Waals surface area contributed by atoms with E-state index in [0.29, 0.717) is 5.92 Å². The molecule has 18 heavy (non-hydrogen) atoms. The first-order valence-electron chi connectivity index (χ1n) is 6.68. The maximum atomic E-state index is 12.0. The Morgan fingerprint density at radius 3 is 2.28 bits per heavy atom. The number of carbonyl (C=O) groups is 2. The topological polar surface area (TPSA) is 60.9 Å². The van der Waals surface area contributed by atoms with Crippen molar-refractivity contribution in [3.8, 4) is 0 Å². The van der Waals surface area contributed by atoms with Gasteiger partial charge in [-0.2, -0.15) is 0 Å². The van der Waals surface area contributed by atoms with Gasteiger partial charge in [0.15, 0.2) is 0 Å². The molecule has 1 aliphatic carbocycles. The average Bonchev–Trinajstić information content (AvgIpc) is 2.36. The van der Waals surface area contributed by atoms with E-state index in [2.05, 4.69) is 0 Å². The molecule has 1 fully saturated rings. The third-order valence-corrected chi connectivity index (χ3v) is 3.57. The molecule has 2 amide bonds. The van der Waals surface area contributed by atoms with E-state index in [-0.39, 0.29) is 19.0 Å². The van der Waals surface area contributed by atoms with Gasteiger partial charge in [-0.05, 0) is 18.8 Å². The molecule has 0 saturated heterocycles. The second-order valence-corrected chi connectivity index (χ2v) is 5.23. The lowest BCUT2D eigenvalue weighted by atomic mass is 9.89. The van der Waals surface area contributed by atoms with Crippen LogP contribution in [0.1, 0.15) is 38.5 Å². The zero-order valence-corrected chi connectivity index (χ0v) is 11.4. The molecule has 0 aromatic heterocycles. The van der Waals surface area contributed by atoms with Gasteiger partial charge in [0.25, 0.3) is 0 Å². The van der Waals surface area contributed by atoms with Crippen LogP contribution < -0.4 is 0 Å². The number of carboxylic acids is 1. The van der Waals surface area contributed by atoms with Crippen LogP contribution in [-0.2, 0) is 4.79 Å². The van der Waals surface area contributed by atoms with E-state index in [1.165, 1.54) is 37.0 Å². The van der Waals surface area contributed by atoms with E-state index in [1.54, 1.807) is 19.0 Å². The largest absolute Gasteiger partial charge is 0.481 e. The van der Waals surface area contributed by atoms with Gasteiger partial charge < -0.3 is 14.9 Å². The van der Waals surface area contributed by atoms with Crippen molar-refractivity contribution < 1.29 is 14.7 Å². The van der Waals surface area contributed by atoms with Crippen molar-refractivity contribution in [2.24, 2.45) is 5.92 Å². The number of hydrogen-bond donors (Lipinski definition) is 1. The Labute approximate surface area is 109 Å². The van der Waals surface area contributed by atoms with Gasteiger partial charge in [-0.1, -0.05) is 19.3 Å². The van der Waals surface area contributed by atoms with E-state index in [0.717, 1.165) is 6.54 Å². The molecule has 0 aromatic carbocycles. The van der Waals surface area contributed by atoms with Crippen molar-refractivity contribution in [1.82, 2.24) is 9.80 Å². The zero-order chi connectivity index (χ0) is 13.5. The third-order valence-electron chi connectivity index (χ3n) is 3.57. The van der Waals surface area contributed by atoms with Crippen LogP contribution in [0.25, 0.3) is 0 Å². The molecular formula is C13H24N2O3. The Kier molecular flexibility index (Phi) is 5.95. The molecule has 0 spiro atoms. The Balaban J connectivity index is 2.32. The van der Waals surface area contributed by atoms with Crippen molar-refractivity contribution in [2.75, 3.05) is 27.2 Å². The number of rotatable bonds is 5. The average molecular weight is 256 g/mol. The summed E-state index contributed by atoms with van der Waals surface area (Å²) in [5.41, 5.74) is 0. The van der Waals surface area contributed by atoms with Crippen LogP contribution >= 0.6 is 0 Å². The standard InChI is InChI=1S/C13H24N2O3/c1-14(9-8-12(16)17)13(18)15(2)10-11-6-4-3-5-7-11/h11H,3-10H2,1-2H3,(H,16,17). The number of urea groups is 1. The first-order valence-corrected chi connectivity index (χ1v) is 6.68. The molecule has 0 aromatic rings. The number of carboxylic acid groups (broad SMARTS) is 1. The number of carbonyl (C=O) groups excluding carboxylic acids is 1. The second kappa shape index (κ2) is 7.24. The first-order chi connectivity index (χ1) is 8.50. The molecule has 5 nitrogen and oxygen atoms in total. The van der Waals surface area contributed by atoms with Gasteiger partial charge in [0.05, 0.1) is 6.42 Å². The lowest BCUT2D eigenvalue weighted by molar-refractivity contribution is -0.137. The van der Waals surface area contributed by atoms with Crippen molar-refractivity contribution in [1.29, 1.82) is 0 Å². The number of aliphatic carboxylic acids is 1. The van der Waals surface area contributed by atoms with Crippen molar-refractivity contribution in [3.05, 3.63) is 0 Å². The predicted octanol–water partition coefficient (Wildman–Crippen LogP) is 2.02. The minimum atomic E-state index is -0.871. The summed E-state index contributed by atoms with van der Waals surface area (Å²) < 4.78 is 0. The van der Waals surface area contributed by atoms with Gasteiger partial charge in [0, 0.05) is 27.2 Å². The smallest absolute Gasteiger partial charge is 0.319 e. The van der Waals surface area contributed by atoms with Gasteiger partial charge in [-0.3, -0.25) is 4.79 Å². The maximum Gasteiger partial charge on any atom is 0.319 e. The van der Waals surface area contributed by atoms with Crippen LogP contribution in [0, 0.1) is 5.92 Å². The molecular weight excluding hydrogens is 232 g/mol. The molecule has 5 heteroatoms. The van der Waals surface area contributed by atoms with Crippen LogP contribution in [0.4, 0.5) is 4.79 Å². The molecule has 1 N–H and O–H groups in total. The summed E-state index contributed by atoms with van der Waals surface area (Å²) in [6.07, 6.45) is 6.25. The van der Waals surface area contributed by atoms with Crippen LogP contribution in [0.3, 0.4) is 0 Å². The van der Waals surface area contributed by atoms with Crippen LogP contribution in [0.2, 0.25) is 0 Å². The van der Waals surface area contributed by atoms with Crippen molar-refractivity contribution in [3.63, 3.8) is 0 Å². The summed E-state index contributed by atoms with van der Waals surface area (Å²) in [5, 5.41) is 8.59. The highest BCUT2D eigenvalue weighted by Crippen LogP contribution is 2.24. The van der Waals surface area contributed by atoms with E-state index in [9.17, 15) is 9.59 Å². The molecule has 0 heterocycles. The normalized spacial score (nSPS) is 16.3. The maximum absolute atomic E-state index is 12.0. The lowest BCUT2D eigenvalue weighted by Crippen LogP contribution is -2.42. The van der Waals surface area contributed by atoms with E-state index >= 15 is 0 Å². The summed E-state index contributed by atoms with van der Waals surface area (Å²) in [5.74, 6) is -0.259. The molecule has 0 aliphatic heterocycles. The zero-order valence-electron chi connectivity index (χ0n) is 11.4. The number of amides is 2. The minimum Gasteiger partial charge on any atom is -0.481 e. The van der Waals surface area contributed by atoms with E-state index in [4.69, 9.17) is 5.11 Å². The van der Waals surface area contributed by atoms with Gasteiger partial charge in [-0.15, -0.1) is 0 Å². The summed E-state index contributed by atoms with van der Waals surface area (Å²) in [6.45, 7) is 1.05. The molecule has 1 aliphatic rings. The Hall–Kier alpha value is -1.26. The van der Waals surface area contributed by atoms with Gasteiger partial charge >= 0.3 is 12.0 Å². The first kappa shape index (κ1) is 14.8. The molecule has 0 radical (unpaired) electrons. The monoisotopic (exact) mass is 256 g/mol. The lowest BCUT2D eigenvalue weighted by Gasteiger charge is -2.30. The fourth-order valence-electron chi connectivity index (χ4n) is 2.49. The summed E-state index contributed by atoms with van der Waals surface area (Å²) >= 11 is 0. The molecule has 1 saturated carbocycles. The fraction of sp³-hybridized carbons (Fsp3) is 0.846. The highest BCUT2D eigenvalue weighted by molar-refractivity contribution is 5.75. The Morgan fingerprint density at radius 1 is 1.11 bits per heavy atom. The van der Waals surface area contributed by atoms with Crippen LogP contribution in [0.5, 0.6) is 0 Å². The predicted molar refractivity (Wildman–Crippen MR) is 69.5 cm³/mol. The highest BCUT2D eigenvalue weighted by Gasteiger charge is 2.20. The molecule has 0 atom stereocenters. The summed E-state index contributed by atoms with van der Waals surface area (Å²) in [4.78, 5) is 25.7. The van der Waals surface area contributed by atoms with Crippen molar-refractivity contribution in [2.45, 2.75) is 38.5 Å². The van der Waals surface area contributed by atoms with Gasteiger partial charge in [0.2, 0.25) is 0 Å². The summed E-state index contributed by atoms with van der Waals surface area (Å²) in [6, 6.07) is -0.0816. The third kappa shape index (κ3) is 4.94. The summed E-state index contributed by atoms with van der Waals surface area (Å²) in [7, 11) is 3.46. The van der Waals surface area contributed by atoms with E-state index < -0.39 is 5.97 Å². The molecule has 0 unspecified atom stereocenters. The highest BCUT2D eigenvalue weighted by atomic mass is 16.4. The molecule has 1 rings (SSSR count). The van der Waals surface area contributed by atoms with Gasteiger partial charge in [-0.25, -0.2) is 4.79 Å². The SMILES string of the molecule is CN(CCC(=O)O)C(=O)N(C)CC1CCCCC1. The second-order valence-electron chi connectivity index (χ2n) is 5.23. The number of nitrogens with zero attached hydrogens (tertiary/aromatic N) is 2. The number of hydrogen-bond acceptors (Lipinski definition) is 2. The quantitative estimate of drug-likeness (QED) is 0.818. The molecule has 104 valence electrons.